The highest BCUT2D eigenvalue weighted by Crippen LogP contribution is 2.24. The second kappa shape index (κ2) is 3.32. The number of sulfone groups is 1. The molecule has 0 bridgehead atoms. The Morgan fingerprint density at radius 3 is 2.17 bits per heavy atom. The molecule has 0 radical (unpaired) electrons. The summed E-state index contributed by atoms with van der Waals surface area (Å²) >= 11 is 0. The summed E-state index contributed by atoms with van der Waals surface area (Å²) < 4.78 is 32.8. The summed E-state index contributed by atoms with van der Waals surface area (Å²) in [5.74, 6) is 0.0726. The molecule has 0 N–H and O–H groups in total. The summed E-state index contributed by atoms with van der Waals surface area (Å²) in [7, 11) is 0.0146. The van der Waals surface area contributed by atoms with Crippen molar-refractivity contribution in [2.24, 2.45) is 0 Å². The number of hydrogen-bond acceptors (Lipinski definition) is 4. The van der Waals surface area contributed by atoms with Gasteiger partial charge in [0.05, 0.1) is 17.1 Å². The van der Waals surface area contributed by atoms with E-state index in [0.29, 0.717) is 0 Å². The van der Waals surface area contributed by atoms with E-state index in [1.165, 1.54) is 14.2 Å². The Labute approximate surface area is 72.8 Å². The molecule has 0 saturated carbocycles. The van der Waals surface area contributed by atoms with Gasteiger partial charge < -0.3 is 9.47 Å². The van der Waals surface area contributed by atoms with Crippen LogP contribution in [0.5, 0.6) is 0 Å². The van der Waals surface area contributed by atoms with Crippen molar-refractivity contribution in [3.63, 3.8) is 0 Å². The van der Waals surface area contributed by atoms with Crippen LogP contribution >= 0.6 is 0 Å². The Hall–Kier alpha value is -0.130. The van der Waals surface area contributed by atoms with Crippen LogP contribution in [0.2, 0.25) is 0 Å². The zero-order valence-electron chi connectivity index (χ0n) is 7.48. The molecule has 72 valence electrons. The Balaban J connectivity index is 2.87. The van der Waals surface area contributed by atoms with Gasteiger partial charge in [-0.2, -0.15) is 0 Å². The van der Waals surface area contributed by atoms with Gasteiger partial charge in [-0.3, -0.25) is 0 Å². The normalized spacial score (nSPS) is 40.1. The van der Waals surface area contributed by atoms with Crippen molar-refractivity contribution in [1.29, 1.82) is 0 Å². The fraction of sp³-hybridized carbons (Fsp3) is 1.00. The fourth-order valence-electron chi connectivity index (χ4n) is 1.53. The van der Waals surface area contributed by atoms with E-state index in [-0.39, 0.29) is 18.0 Å². The van der Waals surface area contributed by atoms with E-state index in [9.17, 15) is 8.42 Å². The van der Waals surface area contributed by atoms with Crippen molar-refractivity contribution >= 4 is 9.84 Å². The van der Waals surface area contributed by atoms with E-state index in [0.717, 1.165) is 0 Å². The van der Waals surface area contributed by atoms with E-state index >= 15 is 0 Å². The molecule has 0 aromatic heterocycles. The molecule has 3 atom stereocenters. The van der Waals surface area contributed by atoms with Gasteiger partial charge >= 0.3 is 0 Å². The van der Waals surface area contributed by atoms with Crippen LogP contribution in [0.3, 0.4) is 0 Å². The molecule has 4 nitrogen and oxygen atoms in total. The molecule has 0 aromatic rings. The molecule has 1 rings (SSSR count). The Bertz CT molecular complexity index is 246. The minimum Gasteiger partial charge on any atom is -0.378 e. The molecule has 1 saturated heterocycles. The number of hydrogen-bond donors (Lipinski definition) is 0. The average Bonchev–Trinajstić information content (AvgIpc) is 2.24. The molecule has 0 unspecified atom stereocenters. The zero-order valence-corrected chi connectivity index (χ0v) is 8.30. The summed E-state index contributed by atoms with van der Waals surface area (Å²) in [5.41, 5.74) is 0. The first-order valence-corrected chi connectivity index (χ1v) is 5.51. The predicted molar refractivity (Wildman–Crippen MR) is 44.8 cm³/mol. The van der Waals surface area contributed by atoms with Gasteiger partial charge in [-0.05, 0) is 6.92 Å². The van der Waals surface area contributed by atoms with Gasteiger partial charge in [0.2, 0.25) is 0 Å². The molecule has 0 aliphatic carbocycles. The van der Waals surface area contributed by atoms with Crippen LogP contribution < -0.4 is 0 Å². The molecule has 5 heteroatoms. The maximum absolute atomic E-state index is 11.3. The third kappa shape index (κ3) is 1.48. The van der Waals surface area contributed by atoms with Gasteiger partial charge in [0.1, 0.15) is 6.10 Å². The maximum Gasteiger partial charge on any atom is 0.158 e. The third-order valence-corrected chi connectivity index (χ3v) is 4.56. The van der Waals surface area contributed by atoms with Gasteiger partial charge in [-0.1, -0.05) is 0 Å². The third-order valence-electron chi connectivity index (χ3n) is 2.37. The first-order valence-electron chi connectivity index (χ1n) is 3.80. The summed E-state index contributed by atoms with van der Waals surface area (Å²) in [6.45, 7) is 1.66. The van der Waals surface area contributed by atoms with Crippen molar-refractivity contribution in [2.45, 2.75) is 24.4 Å². The molecular formula is C7H14O4S. The zero-order chi connectivity index (χ0) is 9.35. The monoisotopic (exact) mass is 194 g/mol. The van der Waals surface area contributed by atoms with Crippen LogP contribution in [0.15, 0.2) is 0 Å². The number of methoxy groups -OCH3 is 2. The Morgan fingerprint density at radius 1 is 1.25 bits per heavy atom. The summed E-state index contributed by atoms with van der Waals surface area (Å²) in [4.78, 5) is 0. The van der Waals surface area contributed by atoms with Crippen LogP contribution in [0.4, 0.5) is 0 Å². The highest BCUT2D eigenvalue weighted by atomic mass is 32.2. The molecule has 1 aliphatic heterocycles. The van der Waals surface area contributed by atoms with Gasteiger partial charge in [-0.15, -0.1) is 0 Å². The average molecular weight is 194 g/mol. The first kappa shape index (κ1) is 9.95. The summed E-state index contributed by atoms with van der Waals surface area (Å²) in [6, 6.07) is 0. The second-order valence-corrected chi connectivity index (χ2v) is 5.41. The van der Waals surface area contributed by atoms with Crippen molar-refractivity contribution in [1.82, 2.24) is 0 Å². The quantitative estimate of drug-likeness (QED) is 0.612. The van der Waals surface area contributed by atoms with Crippen LogP contribution in [0.25, 0.3) is 0 Å². The predicted octanol–water partition coefficient (Wildman–Crippen LogP) is -0.167. The summed E-state index contributed by atoms with van der Waals surface area (Å²) in [5, 5.41) is -0.451. The largest absolute Gasteiger partial charge is 0.378 e. The second-order valence-electron chi connectivity index (χ2n) is 3.01. The van der Waals surface area contributed by atoms with Crippen LogP contribution in [0.1, 0.15) is 6.92 Å². The molecule has 1 aliphatic rings. The minimum absolute atomic E-state index is 0.0726. The summed E-state index contributed by atoms with van der Waals surface area (Å²) in [6.07, 6.45) is -0.630. The highest BCUT2D eigenvalue weighted by molar-refractivity contribution is 7.92. The van der Waals surface area contributed by atoms with Crippen molar-refractivity contribution in [2.75, 3.05) is 20.0 Å². The lowest BCUT2D eigenvalue weighted by atomic mass is 10.2. The SMILES string of the molecule is CO[C@H]1[C@@H](OC)CS(=O)(=O)[C@H]1C. The molecular weight excluding hydrogens is 180 g/mol. The van der Waals surface area contributed by atoms with Crippen LogP contribution in [-0.2, 0) is 19.3 Å². The van der Waals surface area contributed by atoms with E-state index in [1.807, 2.05) is 0 Å². The molecule has 12 heavy (non-hydrogen) atoms. The maximum atomic E-state index is 11.3. The molecule has 0 amide bonds. The Morgan fingerprint density at radius 2 is 1.83 bits per heavy atom. The van der Waals surface area contributed by atoms with E-state index in [1.54, 1.807) is 6.92 Å². The molecule has 1 fully saturated rings. The van der Waals surface area contributed by atoms with Crippen molar-refractivity contribution < 1.29 is 17.9 Å². The number of ether oxygens (including phenoxy) is 2. The lowest BCUT2D eigenvalue weighted by molar-refractivity contribution is -0.0149. The molecule has 0 spiro atoms. The highest BCUT2D eigenvalue weighted by Gasteiger charge is 2.45. The number of rotatable bonds is 2. The van der Waals surface area contributed by atoms with Gasteiger partial charge in [0, 0.05) is 14.2 Å². The molecule has 0 aromatic carbocycles. The van der Waals surface area contributed by atoms with Crippen molar-refractivity contribution in [3.8, 4) is 0 Å². The standard InChI is InChI=1S/C7H14O4S/c1-5-7(11-3)6(10-2)4-12(5,8)9/h5-7H,4H2,1-3H3/t5-,6-,7+/m0/s1. The van der Waals surface area contributed by atoms with Crippen molar-refractivity contribution in [3.05, 3.63) is 0 Å². The molecule has 1 heterocycles. The van der Waals surface area contributed by atoms with Crippen LogP contribution in [0, 0.1) is 0 Å². The van der Waals surface area contributed by atoms with Crippen LogP contribution in [-0.4, -0.2) is 45.8 Å². The van der Waals surface area contributed by atoms with Gasteiger partial charge in [-0.25, -0.2) is 8.42 Å². The minimum atomic E-state index is -3.00. The van der Waals surface area contributed by atoms with E-state index in [4.69, 9.17) is 9.47 Å². The topological polar surface area (TPSA) is 52.6 Å². The fourth-order valence-corrected chi connectivity index (χ4v) is 3.31. The smallest absolute Gasteiger partial charge is 0.158 e. The first-order chi connectivity index (χ1) is 5.53. The van der Waals surface area contributed by atoms with Gasteiger partial charge in [0.15, 0.2) is 9.84 Å². The van der Waals surface area contributed by atoms with E-state index < -0.39 is 15.1 Å². The lowest BCUT2D eigenvalue weighted by Crippen LogP contribution is -2.32. The van der Waals surface area contributed by atoms with E-state index in [2.05, 4.69) is 0 Å². The lowest BCUT2D eigenvalue weighted by Gasteiger charge is -2.17. The Kier molecular flexibility index (Phi) is 2.75. The van der Waals surface area contributed by atoms with Gasteiger partial charge in [0.25, 0.3) is 0 Å².